The molecule has 0 saturated carbocycles. The average Bonchev–Trinajstić information content (AvgIpc) is 2.68. The Labute approximate surface area is 127 Å². The molecule has 7 heteroatoms. The Hall–Kier alpha value is -1.89. The first kappa shape index (κ1) is 14.1. The van der Waals surface area contributed by atoms with Crippen molar-refractivity contribution in [3.05, 3.63) is 10.9 Å². The number of hydrogen-bond acceptors (Lipinski definition) is 6. The van der Waals surface area contributed by atoms with Gasteiger partial charge in [-0.3, -0.25) is 4.79 Å². The number of anilines is 2. The molecule has 0 aliphatic carbocycles. The average molecular weight is 305 g/mol. The highest BCUT2D eigenvalue weighted by Crippen LogP contribution is 2.31. The van der Waals surface area contributed by atoms with Crippen LogP contribution in [0.15, 0.2) is 6.07 Å². The molecule has 1 saturated heterocycles. The normalized spacial score (nSPS) is 15.9. The van der Waals surface area contributed by atoms with Crippen LogP contribution in [-0.4, -0.2) is 42.1 Å². The fraction of sp³-hybridized carbons (Fsp3) is 0.500. The van der Waals surface area contributed by atoms with Crippen molar-refractivity contribution in [3.63, 3.8) is 0 Å². The highest BCUT2D eigenvalue weighted by atomic mass is 32.1. The Morgan fingerprint density at radius 2 is 2.29 bits per heavy atom. The number of rotatable bonds is 3. The Balaban J connectivity index is 2.03. The Kier molecular flexibility index (Phi) is 3.92. The molecule has 2 N–H and O–H groups in total. The molecule has 0 unspecified atom stereocenters. The number of carbonyl (C=O) groups excluding carboxylic acids is 1. The van der Waals surface area contributed by atoms with E-state index in [9.17, 15) is 4.79 Å². The van der Waals surface area contributed by atoms with Gasteiger partial charge in [-0.05, 0) is 19.9 Å². The van der Waals surface area contributed by atoms with Crippen molar-refractivity contribution in [2.75, 3.05) is 36.4 Å². The third-order valence-electron chi connectivity index (χ3n) is 3.44. The molecule has 3 rings (SSSR count). The van der Waals surface area contributed by atoms with Gasteiger partial charge in [-0.25, -0.2) is 4.98 Å². The van der Waals surface area contributed by atoms with Gasteiger partial charge in [0, 0.05) is 37.5 Å². The molecular weight excluding hydrogens is 286 g/mol. The molecule has 2 aromatic rings. The van der Waals surface area contributed by atoms with Crippen LogP contribution >= 0.6 is 11.3 Å². The summed E-state index contributed by atoms with van der Waals surface area (Å²) in [7, 11) is 0. The van der Waals surface area contributed by atoms with Crippen LogP contribution in [0.1, 0.15) is 18.2 Å². The molecule has 3 heterocycles. The van der Waals surface area contributed by atoms with Gasteiger partial charge >= 0.3 is 0 Å². The Morgan fingerprint density at radius 1 is 1.43 bits per heavy atom. The molecule has 6 nitrogen and oxygen atoms in total. The van der Waals surface area contributed by atoms with E-state index >= 15 is 0 Å². The second-order valence-electron chi connectivity index (χ2n) is 5.06. The standard InChI is InChI=1S/C14H19N5OS/c1-3-15-14-17-12(10-8-9(2)21-13(10)18-14)19-6-4-11(20)16-5-7-19/h8H,3-7H2,1-2H3,(H,16,20)(H,15,17,18). The van der Waals surface area contributed by atoms with Crippen molar-refractivity contribution in [2.24, 2.45) is 0 Å². The summed E-state index contributed by atoms with van der Waals surface area (Å²) in [6, 6.07) is 2.13. The van der Waals surface area contributed by atoms with Gasteiger partial charge in [0.1, 0.15) is 10.6 Å². The van der Waals surface area contributed by atoms with Crippen LogP contribution in [0.25, 0.3) is 10.2 Å². The minimum Gasteiger partial charge on any atom is -0.354 e. The van der Waals surface area contributed by atoms with Crippen LogP contribution in [0.4, 0.5) is 11.8 Å². The second kappa shape index (κ2) is 5.85. The quantitative estimate of drug-likeness (QED) is 0.904. The number of carbonyl (C=O) groups is 1. The van der Waals surface area contributed by atoms with Crippen LogP contribution in [-0.2, 0) is 4.79 Å². The number of amides is 1. The van der Waals surface area contributed by atoms with Gasteiger partial charge in [0.25, 0.3) is 0 Å². The minimum absolute atomic E-state index is 0.108. The lowest BCUT2D eigenvalue weighted by molar-refractivity contribution is -0.120. The summed E-state index contributed by atoms with van der Waals surface area (Å²) in [5.74, 6) is 1.69. The van der Waals surface area contributed by atoms with E-state index in [1.807, 2.05) is 6.92 Å². The van der Waals surface area contributed by atoms with Crippen molar-refractivity contribution in [1.29, 1.82) is 0 Å². The Bertz CT molecular complexity index is 669. The summed E-state index contributed by atoms with van der Waals surface area (Å²) < 4.78 is 0. The number of fused-ring (bicyclic) bond motifs is 1. The molecule has 112 valence electrons. The van der Waals surface area contributed by atoms with Gasteiger partial charge in [0.15, 0.2) is 0 Å². The van der Waals surface area contributed by atoms with Crippen LogP contribution in [0.3, 0.4) is 0 Å². The van der Waals surface area contributed by atoms with Crippen LogP contribution in [0.2, 0.25) is 0 Å². The predicted octanol–water partition coefficient (Wildman–Crippen LogP) is 1.76. The van der Waals surface area contributed by atoms with E-state index in [1.165, 1.54) is 4.88 Å². The van der Waals surface area contributed by atoms with Gasteiger partial charge < -0.3 is 15.5 Å². The molecule has 0 atom stereocenters. The fourth-order valence-electron chi connectivity index (χ4n) is 2.48. The maximum Gasteiger partial charge on any atom is 0.226 e. The first-order chi connectivity index (χ1) is 10.2. The number of nitrogens with zero attached hydrogens (tertiary/aromatic N) is 3. The molecule has 1 aliphatic heterocycles. The molecule has 0 spiro atoms. The van der Waals surface area contributed by atoms with Crippen LogP contribution < -0.4 is 15.5 Å². The van der Waals surface area contributed by atoms with E-state index in [2.05, 4.69) is 38.5 Å². The highest BCUT2D eigenvalue weighted by Gasteiger charge is 2.19. The van der Waals surface area contributed by atoms with E-state index in [4.69, 9.17) is 0 Å². The molecule has 21 heavy (non-hydrogen) atoms. The van der Waals surface area contributed by atoms with Gasteiger partial charge in [-0.2, -0.15) is 4.98 Å². The third kappa shape index (κ3) is 2.92. The zero-order valence-corrected chi connectivity index (χ0v) is 13.1. The monoisotopic (exact) mass is 305 g/mol. The lowest BCUT2D eigenvalue weighted by atomic mass is 10.3. The van der Waals surface area contributed by atoms with E-state index < -0.39 is 0 Å². The SMILES string of the molecule is CCNc1nc(N2CCNC(=O)CC2)c2cc(C)sc2n1. The molecular formula is C14H19N5OS. The van der Waals surface area contributed by atoms with E-state index in [1.54, 1.807) is 11.3 Å². The summed E-state index contributed by atoms with van der Waals surface area (Å²) >= 11 is 1.68. The van der Waals surface area contributed by atoms with Crippen molar-refractivity contribution in [1.82, 2.24) is 15.3 Å². The maximum absolute atomic E-state index is 11.5. The summed E-state index contributed by atoms with van der Waals surface area (Å²) in [6.07, 6.45) is 0.505. The first-order valence-electron chi connectivity index (χ1n) is 7.21. The molecule has 1 amide bonds. The topological polar surface area (TPSA) is 70.2 Å². The minimum atomic E-state index is 0.108. The van der Waals surface area contributed by atoms with Crippen LogP contribution in [0.5, 0.6) is 0 Å². The number of nitrogens with one attached hydrogen (secondary N) is 2. The van der Waals surface area contributed by atoms with Gasteiger partial charge in [0.05, 0.1) is 5.39 Å². The molecule has 0 aromatic carbocycles. The number of thiophene rings is 1. The van der Waals surface area contributed by atoms with E-state index in [0.29, 0.717) is 25.5 Å². The Morgan fingerprint density at radius 3 is 3.10 bits per heavy atom. The van der Waals surface area contributed by atoms with E-state index in [-0.39, 0.29) is 5.91 Å². The fourth-order valence-corrected chi connectivity index (χ4v) is 3.36. The lowest BCUT2D eigenvalue weighted by Gasteiger charge is -2.22. The van der Waals surface area contributed by atoms with Gasteiger partial charge in [-0.15, -0.1) is 11.3 Å². The number of hydrogen-bond donors (Lipinski definition) is 2. The zero-order valence-electron chi connectivity index (χ0n) is 12.3. The van der Waals surface area contributed by atoms with Crippen LogP contribution in [0, 0.1) is 6.92 Å². The largest absolute Gasteiger partial charge is 0.354 e. The second-order valence-corrected chi connectivity index (χ2v) is 6.30. The number of aromatic nitrogens is 2. The summed E-state index contributed by atoms with van der Waals surface area (Å²) in [5.41, 5.74) is 0. The maximum atomic E-state index is 11.5. The smallest absolute Gasteiger partial charge is 0.226 e. The zero-order chi connectivity index (χ0) is 14.8. The molecule has 0 bridgehead atoms. The summed E-state index contributed by atoms with van der Waals surface area (Å²) in [6.45, 7) is 7.02. The van der Waals surface area contributed by atoms with Gasteiger partial charge in [-0.1, -0.05) is 0 Å². The predicted molar refractivity (Wildman–Crippen MR) is 86.2 cm³/mol. The lowest BCUT2D eigenvalue weighted by Crippen LogP contribution is -2.29. The van der Waals surface area contributed by atoms with Crippen molar-refractivity contribution >= 4 is 39.2 Å². The van der Waals surface area contributed by atoms with Crippen molar-refractivity contribution in [3.8, 4) is 0 Å². The highest BCUT2D eigenvalue weighted by molar-refractivity contribution is 7.18. The van der Waals surface area contributed by atoms with Crippen molar-refractivity contribution < 1.29 is 4.79 Å². The molecule has 2 aromatic heterocycles. The number of aryl methyl sites for hydroxylation is 1. The van der Waals surface area contributed by atoms with Gasteiger partial charge in [0.2, 0.25) is 11.9 Å². The third-order valence-corrected chi connectivity index (χ3v) is 4.39. The summed E-state index contributed by atoms with van der Waals surface area (Å²) in [5, 5.41) is 7.17. The van der Waals surface area contributed by atoms with Crippen molar-refractivity contribution in [2.45, 2.75) is 20.3 Å². The molecule has 1 fully saturated rings. The molecule has 0 radical (unpaired) electrons. The summed E-state index contributed by atoms with van der Waals surface area (Å²) in [4.78, 5) is 25.1. The first-order valence-corrected chi connectivity index (χ1v) is 8.02. The molecule has 1 aliphatic rings. The van der Waals surface area contributed by atoms with E-state index in [0.717, 1.165) is 29.1 Å².